The summed E-state index contributed by atoms with van der Waals surface area (Å²) in [7, 11) is 0. The second-order valence-corrected chi connectivity index (χ2v) is 7.22. The number of rotatable bonds is 6. The molecule has 28 heavy (non-hydrogen) atoms. The zero-order valence-electron chi connectivity index (χ0n) is 17.3. The van der Waals surface area contributed by atoms with Crippen molar-refractivity contribution in [3.05, 3.63) is 93.6 Å². The van der Waals surface area contributed by atoms with E-state index in [0.29, 0.717) is 0 Å². The van der Waals surface area contributed by atoms with Crippen molar-refractivity contribution in [2.75, 3.05) is 0 Å². The van der Waals surface area contributed by atoms with E-state index in [1.54, 1.807) is 0 Å². The quantitative estimate of drug-likeness (QED) is 0.483. The molecule has 0 fully saturated rings. The summed E-state index contributed by atoms with van der Waals surface area (Å²) in [6.07, 6.45) is 8.17. The summed E-state index contributed by atoms with van der Waals surface area (Å²) in [6.45, 7) is 8.38. The van der Waals surface area contributed by atoms with Gasteiger partial charge in [-0.25, -0.2) is 5.48 Å². The van der Waals surface area contributed by atoms with Gasteiger partial charge in [0.1, 0.15) is 5.76 Å². The first-order chi connectivity index (χ1) is 13.6. The summed E-state index contributed by atoms with van der Waals surface area (Å²) in [5.41, 5.74) is 6.99. The number of hydroxylamine groups is 1. The van der Waals surface area contributed by atoms with E-state index in [0.717, 1.165) is 23.8 Å². The van der Waals surface area contributed by atoms with Gasteiger partial charge in [-0.15, -0.1) is 0 Å². The third kappa shape index (κ3) is 4.83. The van der Waals surface area contributed by atoms with E-state index in [-0.39, 0.29) is 0 Å². The van der Waals surface area contributed by atoms with Crippen LogP contribution < -0.4 is 15.9 Å². The van der Waals surface area contributed by atoms with Crippen LogP contribution >= 0.6 is 0 Å². The molecule has 1 N–H and O–H groups in total. The molecule has 0 spiro atoms. The number of allylic oxidation sites excluding steroid dienone is 2. The number of hydrogen-bond donors (Lipinski definition) is 1. The molecule has 0 heterocycles. The Morgan fingerprint density at radius 2 is 1.86 bits per heavy atom. The minimum atomic E-state index is 0.875. The van der Waals surface area contributed by atoms with Crippen LogP contribution in [0.4, 0.5) is 0 Å². The van der Waals surface area contributed by atoms with Crippen LogP contribution in [-0.4, -0.2) is 0 Å². The Morgan fingerprint density at radius 1 is 1.04 bits per heavy atom. The van der Waals surface area contributed by atoms with Gasteiger partial charge in [-0.05, 0) is 66.8 Å². The number of benzene rings is 3. The topological polar surface area (TPSA) is 21.3 Å². The largest absolute Gasteiger partial charge is 0.388 e. The van der Waals surface area contributed by atoms with Crippen molar-refractivity contribution in [2.45, 2.75) is 40.5 Å². The molecule has 0 amide bonds. The minimum absolute atomic E-state index is 0.875. The third-order valence-electron chi connectivity index (χ3n) is 4.95. The van der Waals surface area contributed by atoms with Crippen LogP contribution in [0.5, 0.6) is 0 Å². The minimum Gasteiger partial charge on any atom is -0.388 e. The van der Waals surface area contributed by atoms with E-state index < -0.39 is 0 Å². The summed E-state index contributed by atoms with van der Waals surface area (Å²) in [4.78, 5) is 5.59. The maximum atomic E-state index is 5.59. The van der Waals surface area contributed by atoms with Crippen molar-refractivity contribution < 1.29 is 4.84 Å². The molecule has 3 rings (SSSR count). The molecule has 0 saturated carbocycles. The van der Waals surface area contributed by atoms with Crippen molar-refractivity contribution >= 4 is 23.0 Å². The highest BCUT2D eigenvalue weighted by Crippen LogP contribution is 2.12. The normalized spacial score (nSPS) is 13.2. The molecule has 3 aromatic rings. The lowest BCUT2D eigenvalue weighted by atomic mass is 10.0. The fourth-order valence-electron chi connectivity index (χ4n) is 3.47. The maximum absolute atomic E-state index is 5.59. The molecule has 0 aliphatic carbocycles. The van der Waals surface area contributed by atoms with Crippen molar-refractivity contribution in [3.63, 3.8) is 0 Å². The zero-order chi connectivity index (χ0) is 19.9. The van der Waals surface area contributed by atoms with E-state index in [9.17, 15) is 0 Å². The molecule has 2 nitrogen and oxygen atoms in total. The lowest BCUT2D eigenvalue weighted by molar-refractivity contribution is 0.156. The summed E-state index contributed by atoms with van der Waals surface area (Å²) in [5, 5.41) is 4.84. The predicted molar refractivity (Wildman–Crippen MR) is 120 cm³/mol. The van der Waals surface area contributed by atoms with Crippen LogP contribution in [0.3, 0.4) is 0 Å². The Kier molecular flexibility index (Phi) is 6.54. The molecule has 0 aliphatic rings. The highest BCUT2D eigenvalue weighted by atomic mass is 16.6. The Hall–Kier alpha value is -3.00. The fraction of sp³-hybridized carbons (Fsp3) is 0.231. The van der Waals surface area contributed by atoms with Crippen LogP contribution in [0.1, 0.15) is 37.0 Å². The van der Waals surface area contributed by atoms with Gasteiger partial charge in [0.2, 0.25) is 0 Å². The summed E-state index contributed by atoms with van der Waals surface area (Å²) in [5.74, 6) is 0.875. The van der Waals surface area contributed by atoms with Crippen molar-refractivity contribution in [2.24, 2.45) is 0 Å². The van der Waals surface area contributed by atoms with Crippen LogP contribution in [0, 0.1) is 13.8 Å². The smallest absolute Gasteiger partial charge is 0.125 e. The Balaban J connectivity index is 2.03. The average Bonchev–Trinajstić information content (AvgIpc) is 2.68. The standard InChI is InChI=1S/C26H29NO/c1-5-8-21(4)28-27-18-24-14-13-23-9-6-7-10-25(23)26(24)16-15-22-12-11-19(2)17-20(22)3/h6-14,16-18,27H,5,15H2,1-4H3/b21-8-,24-18-,26-16+. The van der Waals surface area contributed by atoms with Gasteiger partial charge in [0.05, 0.1) is 0 Å². The van der Waals surface area contributed by atoms with Crippen LogP contribution in [-0.2, 0) is 11.3 Å². The van der Waals surface area contributed by atoms with Gasteiger partial charge in [0, 0.05) is 11.4 Å². The number of fused-ring (bicyclic) bond motifs is 1. The first-order valence-electron chi connectivity index (χ1n) is 9.92. The average molecular weight is 372 g/mol. The van der Waals surface area contributed by atoms with Gasteiger partial charge >= 0.3 is 0 Å². The predicted octanol–water partition coefficient (Wildman–Crippen LogP) is 5.05. The fourth-order valence-corrected chi connectivity index (χ4v) is 3.47. The Morgan fingerprint density at radius 3 is 2.64 bits per heavy atom. The monoisotopic (exact) mass is 371 g/mol. The van der Waals surface area contributed by atoms with Crippen LogP contribution in [0.2, 0.25) is 0 Å². The molecular weight excluding hydrogens is 342 g/mol. The van der Waals surface area contributed by atoms with E-state index in [4.69, 9.17) is 4.84 Å². The summed E-state index contributed by atoms with van der Waals surface area (Å²) < 4.78 is 0. The summed E-state index contributed by atoms with van der Waals surface area (Å²) >= 11 is 0. The van der Waals surface area contributed by atoms with Gasteiger partial charge in [0.15, 0.2) is 0 Å². The van der Waals surface area contributed by atoms with E-state index >= 15 is 0 Å². The molecule has 0 aromatic heterocycles. The summed E-state index contributed by atoms with van der Waals surface area (Å²) in [6, 6.07) is 19.5. The van der Waals surface area contributed by atoms with Crippen molar-refractivity contribution in [1.82, 2.24) is 5.48 Å². The molecule has 2 heteroatoms. The van der Waals surface area contributed by atoms with Crippen molar-refractivity contribution in [3.8, 4) is 0 Å². The third-order valence-corrected chi connectivity index (χ3v) is 4.95. The van der Waals surface area contributed by atoms with Crippen LogP contribution in [0.15, 0.2) is 66.4 Å². The van der Waals surface area contributed by atoms with E-state index in [2.05, 4.69) is 93.0 Å². The van der Waals surface area contributed by atoms with E-state index in [1.165, 1.54) is 32.7 Å². The second kappa shape index (κ2) is 9.27. The Bertz CT molecular complexity index is 1110. The van der Waals surface area contributed by atoms with Gasteiger partial charge in [0.25, 0.3) is 0 Å². The zero-order valence-corrected chi connectivity index (χ0v) is 17.3. The Labute approximate surface area is 167 Å². The molecule has 0 saturated heterocycles. The molecule has 0 atom stereocenters. The number of aryl methyl sites for hydroxylation is 2. The first-order valence-corrected chi connectivity index (χ1v) is 9.92. The molecule has 0 aliphatic heterocycles. The highest BCUT2D eigenvalue weighted by Gasteiger charge is 2.00. The molecule has 0 unspecified atom stereocenters. The SMILES string of the molecule is CC/C=C(/C)ON/C=c1/ccc2ccccc2/c1=C/Cc1ccc(C)cc1C. The maximum Gasteiger partial charge on any atom is 0.125 e. The van der Waals surface area contributed by atoms with E-state index in [1.807, 2.05) is 13.1 Å². The number of hydrogen-bond acceptors (Lipinski definition) is 2. The van der Waals surface area contributed by atoms with Gasteiger partial charge in [-0.1, -0.05) is 73.2 Å². The lowest BCUT2D eigenvalue weighted by Crippen LogP contribution is -2.28. The van der Waals surface area contributed by atoms with Gasteiger partial charge < -0.3 is 4.84 Å². The highest BCUT2D eigenvalue weighted by molar-refractivity contribution is 5.83. The molecular formula is C26H29NO. The second-order valence-electron chi connectivity index (χ2n) is 7.22. The molecule has 3 aromatic carbocycles. The first kappa shape index (κ1) is 19.8. The molecule has 144 valence electrons. The van der Waals surface area contributed by atoms with Crippen molar-refractivity contribution in [1.29, 1.82) is 0 Å². The number of nitrogens with one attached hydrogen (secondary N) is 1. The molecule has 0 bridgehead atoms. The lowest BCUT2D eigenvalue weighted by Gasteiger charge is -2.06. The van der Waals surface area contributed by atoms with Crippen LogP contribution in [0.25, 0.3) is 23.0 Å². The molecule has 0 radical (unpaired) electrons. The van der Waals surface area contributed by atoms with Gasteiger partial charge in [-0.3, -0.25) is 0 Å². The van der Waals surface area contributed by atoms with Gasteiger partial charge in [-0.2, -0.15) is 0 Å².